The number of rotatable bonds is 4. The summed E-state index contributed by atoms with van der Waals surface area (Å²) in [5.41, 5.74) is 1.26. The van der Waals surface area contributed by atoms with Crippen LogP contribution in [0.4, 0.5) is 13.2 Å². The highest BCUT2D eigenvalue weighted by Crippen LogP contribution is 2.39. The number of piperidine rings is 1. The van der Waals surface area contributed by atoms with E-state index in [0.29, 0.717) is 12.8 Å². The van der Waals surface area contributed by atoms with E-state index in [4.69, 9.17) is 16.3 Å². The maximum absolute atomic E-state index is 13.2. The second-order valence-electron chi connectivity index (χ2n) is 6.60. The van der Waals surface area contributed by atoms with E-state index >= 15 is 0 Å². The molecular weight excluding hydrogens is 399 g/mol. The van der Waals surface area contributed by atoms with Crippen LogP contribution in [0.5, 0.6) is 5.75 Å². The molecule has 1 aromatic carbocycles. The van der Waals surface area contributed by atoms with E-state index in [0.717, 1.165) is 35.4 Å². The maximum atomic E-state index is 13.2. The van der Waals surface area contributed by atoms with Gasteiger partial charge >= 0.3 is 6.18 Å². The van der Waals surface area contributed by atoms with Crippen LogP contribution in [0.15, 0.2) is 23.1 Å². The van der Waals surface area contributed by atoms with Crippen molar-refractivity contribution in [1.29, 1.82) is 0 Å². The Morgan fingerprint density at radius 1 is 1.22 bits per heavy atom. The van der Waals surface area contributed by atoms with E-state index in [1.807, 2.05) is 25.6 Å². The molecule has 3 rings (SSSR count). The number of ether oxygens (including phenoxy) is 1. The summed E-state index contributed by atoms with van der Waals surface area (Å²) in [5.74, 6) is -0.156. The molecule has 0 N–H and O–H groups in total. The molecular formula is C18H21ClF3N3OS. The standard InChI is InChI=1S/C18H21ClF3N3OS/c1-11-17(12(2)24(3)23-11)27-25-8-6-14(7-9-25)26-16-5-4-13(19)10-15(16)18(20,21)22/h4-5,10,14H,6-9H2,1-3H3. The monoisotopic (exact) mass is 419 g/mol. The number of nitrogens with zero attached hydrogens (tertiary/aromatic N) is 3. The zero-order valence-corrected chi connectivity index (χ0v) is 16.9. The molecule has 0 aliphatic carbocycles. The largest absolute Gasteiger partial charge is 0.490 e. The van der Waals surface area contributed by atoms with Crippen molar-refractivity contribution < 1.29 is 17.9 Å². The Hall–Kier alpha value is -1.38. The van der Waals surface area contributed by atoms with E-state index in [1.54, 1.807) is 11.9 Å². The van der Waals surface area contributed by atoms with Crippen molar-refractivity contribution in [2.45, 2.75) is 43.9 Å². The summed E-state index contributed by atoms with van der Waals surface area (Å²) >= 11 is 7.37. The molecule has 0 atom stereocenters. The first-order valence-corrected chi connectivity index (χ1v) is 9.77. The molecule has 0 bridgehead atoms. The molecule has 1 aromatic heterocycles. The van der Waals surface area contributed by atoms with Crippen molar-refractivity contribution >= 4 is 23.5 Å². The minimum absolute atomic E-state index is 0.0445. The van der Waals surface area contributed by atoms with Gasteiger partial charge in [-0.25, -0.2) is 4.31 Å². The van der Waals surface area contributed by atoms with Crippen molar-refractivity contribution in [2.75, 3.05) is 13.1 Å². The lowest BCUT2D eigenvalue weighted by Crippen LogP contribution is -2.34. The molecule has 0 radical (unpaired) electrons. The zero-order valence-electron chi connectivity index (χ0n) is 15.3. The summed E-state index contributed by atoms with van der Waals surface area (Å²) in [6, 6.07) is 3.63. The van der Waals surface area contributed by atoms with Gasteiger partial charge in [0.25, 0.3) is 0 Å². The number of benzene rings is 1. The van der Waals surface area contributed by atoms with Crippen LogP contribution in [0.3, 0.4) is 0 Å². The van der Waals surface area contributed by atoms with E-state index in [9.17, 15) is 13.2 Å². The molecule has 0 unspecified atom stereocenters. The van der Waals surface area contributed by atoms with Gasteiger partial charge in [0.05, 0.1) is 21.8 Å². The molecule has 1 fully saturated rings. The molecule has 1 saturated heterocycles. The predicted molar refractivity (Wildman–Crippen MR) is 100 cm³/mol. The Balaban J connectivity index is 1.62. The molecule has 27 heavy (non-hydrogen) atoms. The van der Waals surface area contributed by atoms with Crippen LogP contribution in [0.1, 0.15) is 29.8 Å². The van der Waals surface area contributed by atoms with E-state index in [2.05, 4.69) is 9.40 Å². The third kappa shape index (κ3) is 4.73. The fourth-order valence-electron chi connectivity index (χ4n) is 3.06. The Morgan fingerprint density at radius 2 is 1.89 bits per heavy atom. The molecule has 2 heterocycles. The van der Waals surface area contributed by atoms with Crippen LogP contribution in [0.25, 0.3) is 0 Å². The molecule has 0 amide bonds. The Morgan fingerprint density at radius 3 is 2.44 bits per heavy atom. The molecule has 9 heteroatoms. The average molecular weight is 420 g/mol. The van der Waals surface area contributed by atoms with Gasteiger partial charge in [-0.2, -0.15) is 18.3 Å². The van der Waals surface area contributed by atoms with Crippen molar-refractivity contribution in [3.05, 3.63) is 40.2 Å². The lowest BCUT2D eigenvalue weighted by molar-refractivity contribution is -0.139. The van der Waals surface area contributed by atoms with Gasteiger partial charge in [-0.05, 0) is 56.8 Å². The van der Waals surface area contributed by atoms with Gasteiger partial charge in [0.2, 0.25) is 0 Å². The molecule has 1 aliphatic rings. The molecule has 1 aliphatic heterocycles. The van der Waals surface area contributed by atoms with E-state index in [1.165, 1.54) is 12.1 Å². The summed E-state index contributed by atoms with van der Waals surface area (Å²) in [4.78, 5) is 1.13. The fraction of sp³-hybridized carbons (Fsp3) is 0.500. The summed E-state index contributed by atoms with van der Waals surface area (Å²) in [7, 11) is 1.91. The van der Waals surface area contributed by atoms with E-state index in [-0.39, 0.29) is 16.9 Å². The third-order valence-corrected chi connectivity index (χ3v) is 6.24. The minimum atomic E-state index is -4.49. The number of alkyl halides is 3. The average Bonchev–Trinajstić information content (AvgIpc) is 2.83. The van der Waals surface area contributed by atoms with Crippen LogP contribution in [0, 0.1) is 13.8 Å². The minimum Gasteiger partial charge on any atom is -0.490 e. The fourth-order valence-corrected chi connectivity index (χ4v) is 4.32. The quantitative estimate of drug-likeness (QED) is 0.632. The normalized spacial score (nSPS) is 16.7. The van der Waals surface area contributed by atoms with Gasteiger partial charge in [0.15, 0.2) is 0 Å². The van der Waals surface area contributed by atoms with Crippen molar-refractivity contribution in [3.63, 3.8) is 0 Å². The van der Waals surface area contributed by atoms with Crippen molar-refractivity contribution in [1.82, 2.24) is 14.1 Å². The number of halogens is 4. The highest BCUT2D eigenvalue weighted by molar-refractivity contribution is 7.97. The lowest BCUT2D eigenvalue weighted by Gasteiger charge is -2.31. The smallest absolute Gasteiger partial charge is 0.420 e. The van der Waals surface area contributed by atoms with Crippen LogP contribution in [-0.4, -0.2) is 33.3 Å². The van der Waals surface area contributed by atoms with Crippen molar-refractivity contribution in [3.8, 4) is 5.75 Å². The summed E-state index contributed by atoms with van der Waals surface area (Å²) in [6.45, 7) is 5.47. The summed E-state index contributed by atoms with van der Waals surface area (Å²) in [5, 5.41) is 4.46. The highest BCUT2D eigenvalue weighted by Gasteiger charge is 2.35. The second-order valence-corrected chi connectivity index (χ2v) is 8.14. The molecule has 4 nitrogen and oxygen atoms in total. The van der Waals surface area contributed by atoms with Crippen LogP contribution < -0.4 is 4.74 Å². The Labute approximate surface area is 165 Å². The number of aromatic nitrogens is 2. The number of hydrogen-bond acceptors (Lipinski definition) is 4. The summed E-state index contributed by atoms with van der Waals surface area (Å²) < 4.78 is 49.4. The van der Waals surface area contributed by atoms with E-state index < -0.39 is 11.7 Å². The maximum Gasteiger partial charge on any atom is 0.420 e. The van der Waals surface area contributed by atoms with Gasteiger partial charge in [-0.3, -0.25) is 4.68 Å². The van der Waals surface area contributed by atoms with Gasteiger partial charge in [-0.15, -0.1) is 0 Å². The highest BCUT2D eigenvalue weighted by atomic mass is 35.5. The second kappa shape index (κ2) is 7.93. The molecule has 148 valence electrons. The van der Waals surface area contributed by atoms with Gasteiger partial charge in [0, 0.05) is 25.2 Å². The Bertz CT molecular complexity index is 817. The molecule has 0 saturated carbocycles. The zero-order chi connectivity index (χ0) is 19.8. The van der Waals surface area contributed by atoms with Gasteiger partial charge < -0.3 is 4.74 Å². The SMILES string of the molecule is Cc1nn(C)c(C)c1SN1CCC(Oc2ccc(Cl)cc2C(F)(F)F)CC1. The molecule has 0 spiro atoms. The lowest BCUT2D eigenvalue weighted by atomic mass is 10.1. The number of hydrogen-bond donors (Lipinski definition) is 0. The first-order chi connectivity index (χ1) is 12.6. The predicted octanol–water partition coefficient (Wildman–Crippen LogP) is 5.26. The Kier molecular flexibility index (Phi) is 5.98. The molecule has 2 aromatic rings. The summed E-state index contributed by atoms with van der Waals surface area (Å²) in [6.07, 6.45) is -3.43. The number of aryl methyl sites for hydroxylation is 2. The topological polar surface area (TPSA) is 30.3 Å². The first kappa shape index (κ1) is 20.4. The first-order valence-electron chi connectivity index (χ1n) is 8.61. The van der Waals surface area contributed by atoms with Crippen LogP contribution >= 0.6 is 23.5 Å². The van der Waals surface area contributed by atoms with Crippen molar-refractivity contribution in [2.24, 2.45) is 7.05 Å². The van der Waals surface area contributed by atoms with Gasteiger partial charge in [-0.1, -0.05) is 11.6 Å². The van der Waals surface area contributed by atoms with Crippen LogP contribution in [0.2, 0.25) is 5.02 Å². The van der Waals surface area contributed by atoms with Crippen LogP contribution in [-0.2, 0) is 13.2 Å². The third-order valence-electron chi connectivity index (χ3n) is 4.60. The van der Waals surface area contributed by atoms with Gasteiger partial charge in [0.1, 0.15) is 11.9 Å².